The molecule has 7 nitrogen and oxygen atoms in total. The molecule has 1 aliphatic heterocycles. The van der Waals surface area contributed by atoms with Crippen molar-refractivity contribution in [1.29, 1.82) is 0 Å². The van der Waals surface area contributed by atoms with Crippen molar-refractivity contribution in [1.82, 2.24) is 4.57 Å². The Morgan fingerprint density at radius 1 is 1.12 bits per heavy atom. The molecule has 1 aromatic heterocycles. The van der Waals surface area contributed by atoms with Gasteiger partial charge in [-0.05, 0) is 53.5 Å². The lowest BCUT2D eigenvalue weighted by atomic mass is 9.95. The highest BCUT2D eigenvalue weighted by Gasteiger charge is 2.33. The summed E-state index contributed by atoms with van der Waals surface area (Å²) in [5, 5.41) is 0.267. The first-order valence-electron chi connectivity index (χ1n) is 12.8. The molecule has 0 saturated carbocycles. The summed E-state index contributed by atoms with van der Waals surface area (Å²) >= 11 is 7.79. The van der Waals surface area contributed by atoms with Gasteiger partial charge in [0.25, 0.3) is 5.56 Å². The van der Waals surface area contributed by atoms with Crippen LogP contribution in [0.25, 0.3) is 6.08 Å². The van der Waals surface area contributed by atoms with Crippen molar-refractivity contribution in [3.05, 3.63) is 125 Å². The fraction of sp³-hybridized carbons (Fsp3) is 0.194. The van der Waals surface area contributed by atoms with Crippen LogP contribution in [0.4, 0.5) is 4.39 Å². The number of fused-ring (bicyclic) bond motifs is 1. The third kappa shape index (κ3) is 5.68. The second-order valence-corrected chi connectivity index (χ2v) is 10.6. The van der Waals surface area contributed by atoms with E-state index in [1.807, 2.05) is 37.3 Å². The number of carbonyl (C=O) groups excluding carboxylic acids is 1. The second-order valence-electron chi connectivity index (χ2n) is 9.15. The lowest BCUT2D eigenvalue weighted by Gasteiger charge is -2.25. The Labute approximate surface area is 244 Å². The van der Waals surface area contributed by atoms with Gasteiger partial charge in [-0.15, -0.1) is 0 Å². The number of halogens is 2. The molecule has 0 fully saturated rings. The van der Waals surface area contributed by atoms with Gasteiger partial charge in [0.1, 0.15) is 12.4 Å². The van der Waals surface area contributed by atoms with Crippen molar-refractivity contribution >= 4 is 35.0 Å². The minimum absolute atomic E-state index is 0.0908. The van der Waals surface area contributed by atoms with Crippen LogP contribution in [-0.4, -0.2) is 24.8 Å². The molecule has 10 heteroatoms. The summed E-state index contributed by atoms with van der Waals surface area (Å²) in [5.74, 6) is -0.230. The van der Waals surface area contributed by atoms with E-state index in [1.165, 1.54) is 42.3 Å². The molecule has 5 rings (SSSR count). The Bertz CT molecular complexity index is 1830. The van der Waals surface area contributed by atoms with Crippen molar-refractivity contribution in [2.24, 2.45) is 4.99 Å². The Morgan fingerprint density at radius 3 is 2.59 bits per heavy atom. The Kier molecular flexibility index (Phi) is 8.37. The molecule has 0 unspecified atom stereocenters. The maximum atomic E-state index is 13.8. The first-order chi connectivity index (χ1) is 19.8. The number of hydrogen-bond donors (Lipinski definition) is 0. The van der Waals surface area contributed by atoms with E-state index in [9.17, 15) is 14.0 Å². The average molecular weight is 593 g/mol. The highest BCUT2D eigenvalue weighted by atomic mass is 35.5. The number of benzene rings is 3. The Balaban J connectivity index is 1.59. The summed E-state index contributed by atoms with van der Waals surface area (Å²) in [5.41, 5.74) is 2.62. The molecule has 41 heavy (non-hydrogen) atoms. The molecule has 4 aromatic rings. The predicted molar refractivity (Wildman–Crippen MR) is 156 cm³/mol. The lowest BCUT2D eigenvalue weighted by Crippen LogP contribution is -2.40. The smallest absolute Gasteiger partial charge is 0.338 e. The monoisotopic (exact) mass is 592 g/mol. The fourth-order valence-electron chi connectivity index (χ4n) is 4.71. The van der Waals surface area contributed by atoms with Crippen LogP contribution in [0.5, 0.6) is 11.5 Å². The largest absolute Gasteiger partial charge is 0.493 e. The number of hydrogen-bond acceptors (Lipinski definition) is 7. The molecule has 2 heterocycles. The summed E-state index contributed by atoms with van der Waals surface area (Å²) < 4.78 is 32.0. The van der Waals surface area contributed by atoms with Gasteiger partial charge < -0.3 is 14.2 Å². The van der Waals surface area contributed by atoms with Crippen LogP contribution >= 0.6 is 22.9 Å². The van der Waals surface area contributed by atoms with E-state index >= 15 is 0 Å². The number of methoxy groups -OCH3 is 2. The van der Waals surface area contributed by atoms with Crippen molar-refractivity contribution in [2.75, 3.05) is 14.2 Å². The van der Waals surface area contributed by atoms with E-state index in [-0.39, 0.29) is 23.0 Å². The number of aromatic nitrogens is 1. The molecular weight excluding hydrogens is 567 g/mol. The fourth-order valence-corrected chi connectivity index (χ4v) is 6.01. The Morgan fingerprint density at radius 2 is 1.90 bits per heavy atom. The zero-order valence-corrected chi connectivity index (χ0v) is 24.1. The predicted octanol–water partition coefficient (Wildman–Crippen LogP) is 5.18. The molecule has 3 aromatic carbocycles. The standard InChI is InChI=1S/C31H26ClFN2O5S/c1-4-23-26(30(37)39-3)27(20-10-6-5-7-11-20)35-29(36)25(41-31(35)34-23)16-19-14-22(32)28(24(15-19)38-2)40-17-18-9-8-12-21(33)13-18/h5-16,27H,4,17H2,1-3H3/b25-16-/t27-/m0/s1. The number of carbonyl (C=O) groups is 1. The molecule has 0 spiro atoms. The zero-order chi connectivity index (χ0) is 29.1. The van der Waals surface area contributed by atoms with Crippen LogP contribution in [0.15, 0.2) is 87.8 Å². The van der Waals surface area contributed by atoms with Crippen LogP contribution in [0.1, 0.15) is 36.1 Å². The second kappa shape index (κ2) is 12.1. The number of thiazole rings is 1. The minimum Gasteiger partial charge on any atom is -0.493 e. The third-order valence-electron chi connectivity index (χ3n) is 6.59. The van der Waals surface area contributed by atoms with E-state index in [2.05, 4.69) is 4.99 Å². The van der Waals surface area contributed by atoms with Crippen molar-refractivity contribution in [2.45, 2.75) is 26.0 Å². The summed E-state index contributed by atoms with van der Waals surface area (Å²) in [6.07, 6.45) is 2.19. The number of nitrogens with zero attached hydrogens (tertiary/aromatic N) is 2. The highest BCUT2D eigenvalue weighted by Crippen LogP contribution is 2.37. The molecule has 0 N–H and O–H groups in total. The topological polar surface area (TPSA) is 79.1 Å². The summed E-state index contributed by atoms with van der Waals surface area (Å²) in [6, 6.07) is 18.1. The summed E-state index contributed by atoms with van der Waals surface area (Å²) in [4.78, 5) is 31.9. The van der Waals surface area contributed by atoms with E-state index in [1.54, 1.807) is 30.3 Å². The lowest BCUT2D eigenvalue weighted by molar-refractivity contribution is -0.136. The molecule has 0 saturated heterocycles. The molecular formula is C31H26ClFN2O5S. The van der Waals surface area contributed by atoms with Crippen LogP contribution in [0.2, 0.25) is 5.02 Å². The summed E-state index contributed by atoms with van der Waals surface area (Å²) in [6.45, 7) is 2.00. The van der Waals surface area contributed by atoms with Gasteiger partial charge in [0, 0.05) is 0 Å². The first kappa shape index (κ1) is 28.3. The SMILES string of the molecule is CCC1=C(C(=O)OC)[C@H](c2ccccc2)n2c(s/c(=C\c3cc(Cl)c(OCc4cccc(F)c4)c(OC)c3)c2=O)=N1. The maximum Gasteiger partial charge on any atom is 0.338 e. The van der Waals surface area contributed by atoms with E-state index in [0.717, 1.165) is 5.56 Å². The molecule has 1 atom stereocenters. The van der Waals surface area contributed by atoms with Gasteiger partial charge >= 0.3 is 5.97 Å². The van der Waals surface area contributed by atoms with Gasteiger partial charge in [0.05, 0.1) is 41.1 Å². The van der Waals surface area contributed by atoms with Crippen LogP contribution in [-0.2, 0) is 16.1 Å². The van der Waals surface area contributed by atoms with Gasteiger partial charge in [0.2, 0.25) is 0 Å². The number of rotatable bonds is 8. The number of esters is 1. The molecule has 0 bridgehead atoms. The minimum atomic E-state index is -0.686. The van der Waals surface area contributed by atoms with Gasteiger partial charge in [0.15, 0.2) is 16.3 Å². The van der Waals surface area contributed by atoms with E-state index < -0.39 is 12.0 Å². The van der Waals surface area contributed by atoms with Gasteiger partial charge in [-0.1, -0.05) is 72.3 Å². The molecule has 0 aliphatic carbocycles. The van der Waals surface area contributed by atoms with E-state index in [4.69, 9.17) is 25.8 Å². The first-order valence-corrected chi connectivity index (χ1v) is 14.0. The zero-order valence-electron chi connectivity index (χ0n) is 22.5. The third-order valence-corrected chi connectivity index (χ3v) is 7.85. The number of allylic oxidation sites excluding steroid dienone is 1. The molecule has 0 radical (unpaired) electrons. The van der Waals surface area contributed by atoms with Crippen LogP contribution < -0.4 is 24.4 Å². The highest BCUT2D eigenvalue weighted by molar-refractivity contribution is 7.07. The molecule has 210 valence electrons. The normalized spacial score (nSPS) is 14.9. The van der Waals surface area contributed by atoms with Gasteiger partial charge in [-0.3, -0.25) is 9.36 Å². The maximum absolute atomic E-state index is 13.8. The molecule has 0 amide bonds. The molecule has 1 aliphatic rings. The Hall–Kier alpha value is -4.21. The van der Waals surface area contributed by atoms with Crippen molar-refractivity contribution in [3.8, 4) is 11.5 Å². The van der Waals surface area contributed by atoms with Crippen molar-refractivity contribution < 1.29 is 23.4 Å². The van der Waals surface area contributed by atoms with Gasteiger partial charge in [-0.25, -0.2) is 14.2 Å². The van der Waals surface area contributed by atoms with Crippen LogP contribution in [0, 0.1) is 5.82 Å². The summed E-state index contributed by atoms with van der Waals surface area (Å²) in [7, 11) is 2.80. The van der Waals surface area contributed by atoms with Crippen LogP contribution in [0.3, 0.4) is 0 Å². The van der Waals surface area contributed by atoms with Gasteiger partial charge in [-0.2, -0.15) is 0 Å². The number of ether oxygens (including phenoxy) is 3. The average Bonchev–Trinajstić information content (AvgIpc) is 3.29. The van der Waals surface area contributed by atoms with E-state index in [0.29, 0.717) is 49.7 Å². The quantitative estimate of drug-likeness (QED) is 0.264. The van der Waals surface area contributed by atoms with Crippen molar-refractivity contribution in [3.63, 3.8) is 0 Å².